The summed E-state index contributed by atoms with van der Waals surface area (Å²) in [7, 11) is 1.71. The average Bonchev–Trinajstić information content (AvgIpc) is 2.38. The van der Waals surface area contributed by atoms with Crippen molar-refractivity contribution in [3.05, 3.63) is 29.8 Å². The number of carboxylic acids is 1. The van der Waals surface area contributed by atoms with E-state index in [2.05, 4.69) is 0 Å². The second kappa shape index (κ2) is 8.53. The Morgan fingerprint density at radius 3 is 2.22 bits per heavy atom. The molecule has 0 aliphatic heterocycles. The Kier molecular flexibility index (Phi) is 6.87. The molecule has 0 spiro atoms. The minimum Gasteiger partial charge on any atom is -0.545 e. The first-order valence-electron chi connectivity index (χ1n) is 6.17. The molecular weight excluding hydrogens is 232 g/mol. The first-order valence-corrected chi connectivity index (χ1v) is 6.17. The lowest BCUT2D eigenvalue weighted by Gasteiger charge is -2.07. The van der Waals surface area contributed by atoms with E-state index in [1.807, 2.05) is 0 Å². The number of benzene rings is 1. The van der Waals surface area contributed by atoms with E-state index in [4.69, 9.17) is 9.47 Å². The lowest BCUT2D eigenvalue weighted by Crippen LogP contribution is -2.21. The van der Waals surface area contributed by atoms with E-state index in [0.717, 1.165) is 32.3 Å². The lowest BCUT2D eigenvalue weighted by atomic mass is 10.2. The van der Waals surface area contributed by atoms with E-state index in [9.17, 15) is 9.90 Å². The van der Waals surface area contributed by atoms with E-state index >= 15 is 0 Å². The monoisotopic (exact) mass is 251 g/mol. The summed E-state index contributed by atoms with van der Waals surface area (Å²) in [6.07, 6.45) is 4.32. The van der Waals surface area contributed by atoms with E-state index in [-0.39, 0.29) is 5.56 Å². The second-order valence-corrected chi connectivity index (χ2v) is 4.07. The van der Waals surface area contributed by atoms with Crippen molar-refractivity contribution in [2.24, 2.45) is 0 Å². The van der Waals surface area contributed by atoms with Crippen LogP contribution in [0.3, 0.4) is 0 Å². The van der Waals surface area contributed by atoms with Crippen molar-refractivity contribution in [2.75, 3.05) is 20.3 Å². The number of methoxy groups -OCH3 is 1. The molecule has 0 radical (unpaired) electrons. The highest BCUT2D eigenvalue weighted by Crippen LogP contribution is 2.12. The van der Waals surface area contributed by atoms with Gasteiger partial charge >= 0.3 is 0 Å². The summed E-state index contributed by atoms with van der Waals surface area (Å²) in [5, 5.41) is 10.5. The Balaban J connectivity index is 2.14. The minimum atomic E-state index is -1.17. The molecule has 4 heteroatoms. The van der Waals surface area contributed by atoms with E-state index in [0.29, 0.717) is 12.4 Å². The Hall–Kier alpha value is -1.55. The number of carboxylic acid groups (broad SMARTS) is 1. The van der Waals surface area contributed by atoms with Crippen molar-refractivity contribution < 1.29 is 19.4 Å². The summed E-state index contributed by atoms with van der Waals surface area (Å²) in [6.45, 7) is 1.46. The third-order valence-corrected chi connectivity index (χ3v) is 2.60. The molecule has 0 aliphatic rings. The fourth-order valence-electron chi connectivity index (χ4n) is 1.58. The summed E-state index contributed by atoms with van der Waals surface area (Å²) >= 11 is 0. The molecule has 0 aromatic heterocycles. The predicted molar refractivity (Wildman–Crippen MR) is 66.6 cm³/mol. The topological polar surface area (TPSA) is 58.6 Å². The van der Waals surface area contributed by atoms with Crippen LogP contribution in [0.2, 0.25) is 0 Å². The molecule has 18 heavy (non-hydrogen) atoms. The van der Waals surface area contributed by atoms with Crippen molar-refractivity contribution in [1.29, 1.82) is 0 Å². The van der Waals surface area contributed by atoms with Crippen molar-refractivity contribution in [2.45, 2.75) is 25.7 Å². The molecule has 1 aromatic carbocycles. The minimum absolute atomic E-state index is 0.168. The predicted octanol–water partition coefficient (Wildman–Crippen LogP) is 1.64. The van der Waals surface area contributed by atoms with Gasteiger partial charge in [-0.25, -0.2) is 0 Å². The van der Waals surface area contributed by atoms with Crippen molar-refractivity contribution >= 4 is 5.97 Å². The zero-order valence-electron chi connectivity index (χ0n) is 10.7. The smallest absolute Gasteiger partial charge is 0.119 e. The van der Waals surface area contributed by atoms with Crippen LogP contribution in [-0.2, 0) is 4.74 Å². The largest absolute Gasteiger partial charge is 0.545 e. The number of hydrogen-bond acceptors (Lipinski definition) is 4. The van der Waals surface area contributed by atoms with Crippen LogP contribution in [0.5, 0.6) is 5.75 Å². The number of rotatable bonds is 9. The molecule has 0 fully saturated rings. The normalized spacial score (nSPS) is 10.3. The van der Waals surface area contributed by atoms with Crippen LogP contribution in [0.1, 0.15) is 36.0 Å². The maximum absolute atomic E-state index is 10.5. The fraction of sp³-hybridized carbons (Fsp3) is 0.500. The van der Waals surface area contributed by atoms with Gasteiger partial charge in [-0.1, -0.05) is 6.42 Å². The van der Waals surface area contributed by atoms with Gasteiger partial charge in [-0.2, -0.15) is 0 Å². The van der Waals surface area contributed by atoms with Crippen LogP contribution >= 0.6 is 0 Å². The van der Waals surface area contributed by atoms with E-state index in [1.165, 1.54) is 12.1 Å². The third kappa shape index (κ3) is 5.68. The first kappa shape index (κ1) is 14.5. The Labute approximate surface area is 108 Å². The van der Waals surface area contributed by atoms with E-state index in [1.54, 1.807) is 19.2 Å². The molecule has 4 nitrogen and oxygen atoms in total. The van der Waals surface area contributed by atoms with Gasteiger partial charge in [0, 0.05) is 13.7 Å². The molecule has 0 saturated carbocycles. The highest BCUT2D eigenvalue weighted by Gasteiger charge is 1.96. The molecular formula is C14H19O4-. The van der Waals surface area contributed by atoms with Crippen LogP contribution in [0.25, 0.3) is 0 Å². The fourth-order valence-corrected chi connectivity index (χ4v) is 1.58. The molecule has 100 valence electrons. The van der Waals surface area contributed by atoms with Gasteiger partial charge in [-0.3, -0.25) is 0 Å². The number of carbonyl (C=O) groups excluding carboxylic acids is 1. The van der Waals surface area contributed by atoms with Crippen LogP contribution < -0.4 is 9.84 Å². The van der Waals surface area contributed by atoms with E-state index < -0.39 is 5.97 Å². The van der Waals surface area contributed by atoms with Gasteiger partial charge in [0.25, 0.3) is 0 Å². The van der Waals surface area contributed by atoms with Crippen LogP contribution in [0.4, 0.5) is 0 Å². The summed E-state index contributed by atoms with van der Waals surface area (Å²) < 4.78 is 10.5. The number of unbranched alkanes of at least 4 members (excludes halogenated alkanes) is 3. The number of hydrogen-bond donors (Lipinski definition) is 0. The molecule has 1 aromatic rings. The van der Waals surface area contributed by atoms with Gasteiger partial charge in [0.05, 0.1) is 12.6 Å². The molecule has 0 atom stereocenters. The van der Waals surface area contributed by atoms with Crippen molar-refractivity contribution in [3.8, 4) is 5.75 Å². The van der Waals surface area contributed by atoms with Crippen LogP contribution in [0, 0.1) is 0 Å². The first-order chi connectivity index (χ1) is 8.74. The highest BCUT2D eigenvalue weighted by atomic mass is 16.5. The highest BCUT2D eigenvalue weighted by molar-refractivity contribution is 5.85. The zero-order valence-corrected chi connectivity index (χ0v) is 10.7. The number of aromatic carboxylic acids is 1. The summed E-state index contributed by atoms with van der Waals surface area (Å²) in [4.78, 5) is 10.5. The summed E-state index contributed by atoms with van der Waals surface area (Å²) in [5.41, 5.74) is 0.168. The van der Waals surface area contributed by atoms with Gasteiger partial charge in [-0.05, 0) is 49.1 Å². The maximum Gasteiger partial charge on any atom is 0.119 e. The Bertz CT molecular complexity index is 345. The van der Waals surface area contributed by atoms with Gasteiger partial charge < -0.3 is 19.4 Å². The van der Waals surface area contributed by atoms with Crippen molar-refractivity contribution in [1.82, 2.24) is 0 Å². The van der Waals surface area contributed by atoms with Gasteiger partial charge in [0.2, 0.25) is 0 Å². The molecule has 0 saturated heterocycles. The quantitative estimate of drug-likeness (QED) is 0.626. The SMILES string of the molecule is COCCCCCCOc1ccc(C(=O)[O-])cc1. The molecule has 0 unspecified atom stereocenters. The molecule has 0 bridgehead atoms. The summed E-state index contributed by atoms with van der Waals surface area (Å²) in [5.74, 6) is -0.475. The van der Waals surface area contributed by atoms with Gasteiger partial charge in [0.15, 0.2) is 0 Å². The number of ether oxygens (including phenoxy) is 2. The van der Waals surface area contributed by atoms with Crippen molar-refractivity contribution in [3.63, 3.8) is 0 Å². The van der Waals surface area contributed by atoms with Gasteiger partial charge in [-0.15, -0.1) is 0 Å². The zero-order chi connectivity index (χ0) is 13.2. The number of carbonyl (C=O) groups is 1. The summed E-state index contributed by atoms with van der Waals surface area (Å²) in [6, 6.07) is 6.28. The lowest BCUT2D eigenvalue weighted by molar-refractivity contribution is -0.255. The Morgan fingerprint density at radius 1 is 1.06 bits per heavy atom. The molecule has 0 amide bonds. The second-order valence-electron chi connectivity index (χ2n) is 4.07. The molecule has 0 aliphatic carbocycles. The Morgan fingerprint density at radius 2 is 1.67 bits per heavy atom. The molecule has 0 heterocycles. The standard InChI is InChI=1S/C14H20O4/c1-17-10-4-2-3-5-11-18-13-8-6-12(7-9-13)14(15)16/h6-9H,2-5,10-11H2,1H3,(H,15,16)/p-1. The molecule has 0 N–H and O–H groups in total. The average molecular weight is 251 g/mol. The van der Waals surface area contributed by atoms with Gasteiger partial charge in [0.1, 0.15) is 5.75 Å². The molecule has 1 rings (SSSR count). The third-order valence-electron chi connectivity index (χ3n) is 2.60. The van der Waals surface area contributed by atoms with Crippen LogP contribution in [-0.4, -0.2) is 26.3 Å². The maximum atomic E-state index is 10.5. The van der Waals surface area contributed by atoms with Crippen LogP contribution in [0.15, 0.2) is 24.3 Å².